The number of amides is 2. The second-order valence-electron chi connectivity index (χ2n) is 8.82. The first-order valence-corrected chi connectivity index (χ1v) is 13.4. The van der Waals surface area contributed by atoms with Gasteiger partial charge in [0.25, 0.3) is 0 Å². The Morgan fingerprint density at radius 1 is 0.972 bits per heavy atom. The van der Waals surface area contributed by atoms with Crippen LogP contribution < -0.4 is 10.1 Å². The fourth-order valence-corrected chi connectivity index (χ4v) is 4.67. The summed E-state index contributed by atoms with van der Waals surface area (Å²) in [6.07, 6.45) is 2.34. The highest BCUT2D eigenvalue weighted by molar-refractivity contribution is 8.00. The summed E-state index contributed by atoms with van der Waals surface area (Å²) >= 11 is 1.49. The fourth-order valence-electron chi connectivity index (χ4n) is 3.89. The lowest BCUT2D eigenvalue weighted by molar-refractivity contribution is -0.139. The number of unbranched alkanes of at least 4 members (excludes halogenated alkanes) is 1. The lowest BCUT2D eigenvalue weighted by Gasteiger charge is -2.31. The Hall–Kier alpha value is -3.25. The molecule has 0 heterocycles. The summed E-state index contributed by atoms with van der Waals surface area (Å²) < 4.78 is 5.39. The van der Waals surface area contributed by atoms with E-state index in [-0.39, 0.29) is 17.6 Å². The molecule has 0 aliphatic rings. The monoisotopic (exact) mass is 504 g/mol. The molecule has 6 heteroatoms. The van der Waals surface area contributed by atoms with Gasteiger partial charge in [0.05, 0.1) is 12.9 Å². The Labute approximate surface area is 219 Å². The van der Waals surface area contributed by atoms with Gasteiger partial charge in [-0.25, -0.2) is 0 Å². The number of benzene rings is 3. The minimum atomic E-state index is -0.624. The predicted molar refractivity (Wildman–Crippen MR) is 147 cm³/mol. The second-order valence-corrected chi connectivity index (χ2v) is 9.87. The van der Waals surface area contributed by atoms with Gasteiger partial charge in [0.15, 0.2) is 0 Å². The predicted octanol–water partition coefficient (Wildman–Crippen LogP) is 5.65. The second kappa shape index (κ2) is 14.3. The van der Waals surface area contributed by atoms with E-state index in [0.29, 0.717) is 19.5 Å². The normalized spacial score (nSPS) is 11.5. The topological polar surface area (TPSA) is 58.6 Å². The molecule has 0 unspecified atom stereocenters. The molecule has 3 aromatic carbocycles. The lowest BCUT2D eigenvalue weighted by Crippen LogP contribution is -2.51. The summed E-state index contributed by atoms with van der Waals surface area (Å²) in [6, 6.07) is 25.1. The molecule has 36 heavy (non-hydrogen) atoms. The van der Waals surface area contributed by atoms with Crippen molar-refractivity contribution in [2.24, 2.45) is 0 Å². The average molecular weight is 505 g/mol. The molecule has 0 spiro atoms. The largest absolute Gasteiger partial charge is 0.497 e. The smallest absolute Gasteiger partial charge is 0.243 e. The molecule has 0 aliphatic carbocycles. The van der Waals surface area contributed by atoms with Crippen molar-refractivity contribution in [2.75, 3.05) is 19.4 Å². The maximum atomic E-state index is 13.7. The van der Waals surface area contributed by atoms with Gasteiger partial charge in [-0.3, -0.25) is 9.59 Å². The van der Waals surface area contributed by atoms with Crippen molar-refractivity contribution < 1.29 is 14.3 Å². The Morgan fingerprint density at radius 2 is 1.69 bits per heavy atom. The van der Waals surface area contributed by atoms with E-state index in [2.05, 4.69) is 12.2 Å². The molecule has 0 aromatic heterocycles. The summed E-state index contributed by atoms with van der Waals surface area (Å²) in [5.41, 5.74) is 3.11. The molecule has 190 valence electrons. The zero-order chi connectivity index (χ0) is 25.8. The summed E-state index contributed by atoms with van der Waals surface area (Å²) in [5, 5.41) is 3.06. The van der Waals surface area contributed by atoms with Crippen molar-refractivity contribution in [3.63, 3.8) is 0 Å². The van der Waals surface area contributed by atoms with Crippen molar-refractivity contribution in [3.05, 3.63) is 95.6 Å². The molecule has 0 bridgehead atoms. The molecule has 0 fully saturated rings. The van der Waals surface area contributed by atoms with Gasteiger partial charge in [-0.05, 0) is 48.7 Å². The summed E-state index contributed by atoms with van der Waals surface area (Å²) in [4.78, 5) is 29.9. The molecule has 5 nitrogen and oxygen atoms in total. The van der Waals surface area contributed by atoms with Crippen LogP contribution in [0, 0.1) is 6.92 Å². The van der Waals surface area contributed by atoms with Crippen LogP contribution in [-0.2, 0) is 22.6 Å². The third-order valence-electron chi connectivity index (χ3n) is 5.97. The van der Waals surface area contributed by atoms with E-state index in [1.54, 1.807) is 12.0 Å². The van der Waals surface area contributed by atoms with Crippen molar-refractivity contribution in [1.29, 1.82) is 0 Å². The number of hydrogen-bond acceptors (Lipinski definition) is 4. The van der Waals surface area contributed by atoms with E-state index in [9.17, 15) is 9.59 Å². The number of nitrogens with one attached hydrogen (secondary N) is 1. The number of thioether (sulfide) groups is 1. The van der Waals surface area contributed by atoms with Gasteiger partial charge in [-0.1, -0.05) is 73.5 Å². The molecule has 1 N–H and O–H groups in total. The highest BCUT2D eigenvalue weighted by atomic mass is 32.2. The standard InChI is InChI=1S/C30H36N2O3S/c1-4-5-18-31-30(34)28(20-24-10-7-6-8-11-24)32(21-25-12-9-13-26(19-25)35-3)29(33)22-36-27-16-14-23(2)15-17-27/h6-17,19,28H,4-5,18,20-22H2,1-3H3,(H,31,34)/t28-/m0/s1. The Morgan fingerprint density at radius 3 is 2.39 bits per heavy atom. The van der Waals surface area contributed by atoms with Gasteiger partial charge < -0.3 is 15.0 Å². The molecule has 0 radical (unpaired) electrons. The van der Waals surface area contributed by atoms with Gasteiger partial charge in [0.2, 0.25) is 11.8 Å². The highest BCUT2D eigenvalue weighted by Gasteiger charge is 2.30. The molecule has 1 atom stereocenters. The number of rotatable bonds is 13. The van der Waals surface area contributed by atoms with Crippen LogP contribution in [0.15, 0.2) is 83.8 Å². The van der Waals surface area contributed by atoms with Crippen LogP contribution in [0.2, 0.25) is 0 Å². The van der Waals surface area contributed by atoms with Crippen LogP contribution in [0.25, 0.3) is 0 Å². The van der Waals surface area contributed by atoms with Crippen molar-refractivity contribution >= 4 is 23.6 Å². The van der Waals surface area contributed by atoms with Crippen LogP contribution in [0.4, 0.5) is 0 Å². The zero-order valence-electron chi connectivity index (χ0n) is 21.4. The maximum Gasteiger partial charge on any atom is 0.243 e. The van der Waals surface area contributed by atoms with Crippen LogP contribution in [0.3, 0.4) is 0 Å². The number of ether oxygens (including phenoxy) is 1. The highest BCUT2D eigenvalue weighted by Crippen LogP contribution is 2.22. The Kier molecular flexibility index (Phi) is 10.9. The summed E-state index contributed by atoms with van der Waals surface area (Å²) in [7, 11) is 1.62. The third-order valence-corrected chi connectivity index (χ3v) is 6.97. The van der Waals surface area contributed by atoms with Crippen LogP contribution in [0.5, 0.6) is 5.75 Å². The van der Waals surface area contributed by atoms with Gasteiger partial charge >= 0.3 is 0 Å². The van der Waals surface area contributed by atoms with Gasteiger partial charge in [-0.15, -0.1) is 11.8 Å². The molecule has 2 amide bonds. The Balaban J connectivity index is 1.89. The van der Waals surface area contributed by atoms with Crippen LogP contribution in [0.1, 0.15) is 36.5 Å². The van der Waals surface area contributed by atoms with E-state index >= 15 is 0 Å². The van der Waals surface area contributed by atoms with Crippen molar-refractivity contribution in [3.8, 4) is 5.75 Å². The molecule has 0 saturated carbocycles. The van der Waals surface area contributed by atoms with Gasteiger partial charge in [-0.2, -0.15) is 0 Å². The summed E-state index contributed by atoms with van der Waals surface area (Å²) in [6.45, 7) is 5.05. The summed E-state index contributed by atoms with van der Waals surface area (Å²) in [5.74, 6) is 0.778. The number of hydrogen-bond donors (Lipinski definition) is 1. The van der Waals surface area contributed by atoms with E-state index in [1.165, 1.54) is 17.3 Å². The first-order chi connectivity index (χ1) is 17.5. The molecular formula is C30H36N2O3S. The molecule has 0 saturated heterocycles. The van der Waals surface area contributed by atoms with Crippen LogP contribution >= 0.6 is 11.8 Å². The fraction of sp³-hybridized carbons (Fsp3) is 0.333. The zero-order valence-corrected chi connectivity index (χ0v) is 22.2. The average Bonchev–Trinajstić information content (AvgIpc) is 2.91. The number of aryl methyl sites for hydroxylation is 1. The number of nitrogens with zero attached hydrogens (tertiary/aromatic N) is 1. The van der Waals surface area contributed by atoms with Gasteiger partial charge in [0, 0.05) is 24.4 Å². The van der Waals surface area contributed by atoms with Gasteiger partial charge in [0.1, 0.15) is 11.8 Å². The van der Waals surface area contributed by atoms with E-state index in [1.807, 2.05) is 85.8 Å². The van der Waals surface area contributed by atoms with Crippen molar-refractivity contribution in [2.45, 2.75) is 50.6 Å². The number of carbonyl (C=O) groups is 2. The number of carbonyl (C=O) groups excluding carboxylic acids is 2. The number of methoxy groups -OCH3 is 1. The Bertz CT molecular complexity index is 1100. The first kappa shape index (κ1) is 27.3. The molecule has 3 rings (SSSR count). The minimum Gasteiger partial charge on any atom is -0.497 e. The van der Waals surface area contributed by atoms with Crippen molar-refractivity contribution in [1.82, 2.24) is 10.2 Å². The maximum absolute atomic E-state index is 13.7. The quantitative estimate of drug-likeness (QED) is 0.241. The van der Waals surface area contributed by atoms with Crippen LogP contribution in [-0.4, -0.2) is 42.2 Å². The first-order valence-electron chi connectivity index (χ1n) is 12.4. The molecule has 3 aromatic rings. The van der Waals surface area contributed by atoms with E-state index in [4.69, 9.17) is 4.74 Å². The third kappa shape index (κ3) is 8.45. The van der Waals surface area contributed by atoms with E-state index < -0.39 is 6.04 Å². The molecular weight excluding hydrogens is 468 g/mol. The SMILES string of the molecule is CCCCNC(=O)[C@H](Cc1ccccc1)N(Cc1cccc(OC)c1)C(=O)CSc1ccc(C)cc1. The van der Waals surface area contributed by atoms with E-state index in [0.717, 1.165) is 34.6 Å². The lowest BCUT2D eigenvalue weighted by atomic mass is 10.0. The molecule has 0 aliphatic heterocycles. The minimum absolute atomic E-state index is 0.0741.